The molecule has 0 unspecified atom stereocenters. The molecule has 0 heterocycles. The second-order valence-corrected chi connectivity index (χ2v) is 7.90. The third-order valence-corrected chi connectivity index (χ3v) is 4.31. The normalized spacial score (nSPS) is 10.5. The number of carbonyl (C=O) groups is 1. The van der Waals surface area contributed by atoms with Crippen LogP contribution in [-0.2, 0) is 0 Å². The molecule has 1 amide bonds. The topological polar surface area (TPSA) is 50.4 Å². The lowest BCUT2D eigenvalue weighted by Gasteiger charge is -2.15. The minimum Gasteiger partial charge on any atom is -0.492 e. The molecule has 0 aliphatic carbocycles. The van der Waals surface area contributed by atoms with Gasteiger partial charge in [0, 0.05) is 10.2 Å². The minimum atomic E-state index is -0.313. The number of amides is 1. The van der Waals surface area contributed by atoms with E-state index in [1.165, 1.54) is 5.56 Å². The monoisotopic (exact) mass is 434 g/mol. The molecule has 0 aliphatic rings. The predicted octanol–water partition coefficient (Wildman–Crippen LogP) is 5.23. The van der Waals surface area contributed by atoms with Gasteiger partial charge in [0.25, 0.3) is 5.91 Å². The summed E-state index contributed by atoms with van der Waals surface area (Å²) in [7, 11) is 0. The minimum absolute atomic E-state index is 0.247. The first-order valence-electron chi connectivity index (χ1n) is 8.38. The van der Waals surface area contributed by atoms with Gasteiger partial charge in [0.1, 0.15) is 5.75 Å². The number of thiocarbonyl (C=S) groups is 1. The van der Waals surface area contributed by atoms with Crippen molar-refractivity contribution in [2.45, 2.75) is 27.7 Å². The molecule has 0 radical (unpaired) electrons. The SMILES string of the molecule is Cc1ccc(NC(=S)NC(=O)c2cc(Br)ccc2OCC(C)C)c(C)c1. The van der Waals surface area contributed by atoms with Crippen molar-refractivity contribution in [1.29, 1.82) is 0 Å². The van der Waals surface area contributed by atoms with Crippen molar-refractivity contribution in [3.8, 4) is 5.75 Å². The van der Waals surface area contributed by atoms with Crippen molar-refractivity contribution in [1.82, 2.24) is 5.32 Å². The Labute approximate surface area is 168 Å². The summed E-state index contributed by atoms with van der Waals surface area (Å²) >= 11 is 8.69. The number of nitrogens with one attached hydrogen (secondary N) is 2. The van der Waals surface area contributed by atoms with Crippen molar-refractivity contribution < 1.29 is 9.53 Å². The van der Waals surface area contributed by atoms with E-state index in [-0.39, 0.29) is 11.0 Å². The molecule has 0 atom stereocenters. The summed E-state index contributed by atoms with van der Waals surface area (Å²) in [5.41, 5.74) is 3.53. The highest BCUT2D eigenvalue weighted by Gasteiger charge is 2.15. The average Bonchev–Trinajstić information content (AvgIpc) is 2.56. The van der Waals surface area contributed by atoms with Crippen LogP contribution in [0.1, 0.15) is 35.3 Å². The molecular formula is C20H23BrN2O2S. The van der Waals surface area contributed by atoms with Crippen molar-refractivity contribution in [2.24, 2.45) is 5.92 Å². The molecule has 0 saturated carbocycles. The average molecular weight is 435 g/mol. The Morgan fingerprint density at radius 1 is 1.19 bits per heavy atom. The number of anilines is 1. The van der Waals surface area contributed by atoms with Crippen LogP contribution in [0.2, 0.25) is 0 Å². The van der Waals surface area contributed by atoms with E-state index in [0.717, 1.165) is 15.7 Å². The summed E-state index contributed by atoms with van der Waals surface area (Å²) in [5.74, 6) is 0.586. The van der Waals surface area contributed by atoms with Crippen LogP contribution < -0.4 is 15.4 Å². The van der Waals surface area contributed by atoms with Crippen LogP contribution in [0.25, 0.3) is 0 Å². The van der Waals surface area contributed by atoms with Crippen molar-refractivity contribution in [3.63, 3.8) is 0 Å². The van der Waals surface area contributed by atoms with Gasteiger partial charge in [-0.05, 0) is 61.8 Å². The molecule has 2 rings (SSSR count). The summed E-state index contributed by atoms with van der Waals surface area (Å²) < 4.78 is 6.56. The van der Waals surface area contributed by atoms with Gasteiger partial charge in [-0.25, -0.2) is 0 Å². The first-order chi connectivity index (χ1) is 12.3. The Bertz CT molecular complexity index is 821. The Morgan fingerprint density at radius 2 is 1.92 bits per heavy atom. The zero-order valence-electron chi connectivity index (χ0n) is 15.4. The van der Waals surface area contributed by atoms with Crippen molar-refractivity contribution in [2.75, 3.05) is 11.9 Å². The van der Waals surface area contributed by atoms with E-state index < -0.39 is 0 Å². The van der Waals surface area contributed by atoms with Gasteiger partial charge in [0.15, 0.2) is 5.11 Å². The highest BCUT2D eigenvalue weighted by atomic mass is 79.9. The van der Waals surface area contributed by atoms with Crippen LogP contribution >= 0.6 is 28.1 Å². The fourth-order valence-electron chi connectivity index (χ4n) is 2.34. The molecule has 0 spiro atoms. The van der Waals surface area contributed by atoms with Gasteiger partial charge in [0.2, 0.25) is 0 Å². The van der Waals surface area contributed by atoms with Gasteiger partial charge in [-0.15, -0.1) is 0 Å². The fourth-order valence-corrected chi connectivity index (χ4v) is 2.90. The van der Waals surface area contributed by atoms with E-state index >= 15 is 0 Å². The van der Waals surface area contributed by atoms with Gasteiger partial charge in [-0.2, -0.15) is 0 Å². The number of benzene rings is 2. The van der Waals surface area contributed by atoms with Crippen LogP contribution in [-0.4, -0.2) is 17.6 Å². The number of rotatable bonds is 5. The van der Waals surface area contributed by atoms with Gasteiger partial charge >= 0.3 is 0 Å². The van der Waals surface area contributed by atoms with E-state index in [2.05, 4.69) is 46.5 Å². The largest absolute Gasteiger partial charge is 0.492 e. The number of aryl methyl sites for hydroxylation is 2. The Kier molecular flexibility index (Phi) is 7.17. The van der Waals surface area contributed by atoms with E-state index in [4.69, 9.17) is 17.0 Å². The molecule has 0 aromatic heterocycles. The molecule has 2 N–H and O–H groups in total. The fraction of sp³-hybridized carbons (Fsp3) is 0.300. The summed E-state index contributed by atoms with van der Waals surface area (Å²) in [5, 5.41) is 6.04. The smallest absolute Gasteiger partial charge is 0.261 e. The number of carbonyl (C=O) groups excluding carboxylic acids is 1. The lowest BCUT2D eigenvalue weighted by molar-refractivity contribution is 0.0973. The molecule has 4 nitrogen and oxygen atoms in total. The maximum atomic E-state index is 12.7. The van der Waals surface area contributed by atoms with Crippen LogP contribution in [0.4, 0.5) is 5.69 Å². The first-order valence-corrected chi connectivity index (χ1v) is 9.58. The molecule has 26 heavy (non-hydrogen) atoms. The molecule has 0 saturated heterocycles. The quantitative estimate of drug-likeness (QED) is 0.632. The third kappa shape index (κ3) is 5.81. The zero-order valence-corrected chi connectivity index (χ0v) is 17.8. The zero-order chi connectivity index (χ0) is 19.3. The Balaban J connectivity index is 2.11. The van der Waals surface area contributed by atoms with E-state index in [0.29, 0.717) is 23.8 Å². The standard InChI is InChI=1S/C20H23BrN2O2S/c1-12(2)11-25-18-8-6-15(21)10-16(18)19(24)23-20(26)22-17-7-5-13(3)9-14(17)4/h5-10,12H,11H2,1-4H3,(H2,22,23,24,26). The van der Waals surface area contributed by atoms with Crippen LogP contribution in [0, 0.1) is 19.8 Å². The second-order valence-electron chi connectivity index (χ2n) is 6.57. The van der Waals surface area contributed by atoms with Crippen molar-refractivity contribution >= 4 is 44.9 Å². The van der Waals surface area contributed by atoms with Gasteiger partial charge in [-0.1, -0.05) is 47.5 Å². The Morgan fingerprint density at radius 3 is 2.58 bits per heavy atom. The molecular weight excluding hydrogens is 412 g/mol. The van der Waals surface area contributed by atoms with Gasteiger partial charge in [-0.3, -0.25) is 10.1 Å². The summed E-state index contributed by atoms with van der Waals surface area (Å²) in [6.45, 7) is 8.67. The molecule has 0 fully saturated rings. The highest BCUT2D eigenvalue weighted by molar-refractivity contribution is 9.10. The lowest BCUT2D eigenvalue weighted by Crippen LogP contribution is -2.34. The lowest BCUT2D eigenvalue weighted by atomic mass is 10.1. The molecule has 0 bridgehead atoms. The number of hydrogen-bond acceptors (Lipinski definition) is 3. The summed E-state index contributed by atoms with van der Waals surface area (Å²) in [6.07, 6.45) is 0. The maximum absolute atomic E-state index is 12.7. The maximum Gasteiger partial charge on any atom is 0.261 e. The molecule has 2 aromatic carbocycles. The third-order valence-electron chi connectivity index (χ3n) is 3.62. The van der Waals surface area contributed by atoms with E-state index in [9.17, 15) is 4.79 Å². The molecule has 2 aromatic rings. The number of halogens is 1. The molecule has 138 valence electrons. The van der Waals surface area contributed by atoms with Crippen LogP contribution in [0.5, 0.6) is 5.75 Å². The van der Waals surface area contributed by atoms with Gasteiger partial charge in [0.05, 0.1) is 12.2 Å². The summed E-state index contributed by atoms with van der Waals surface area (Å²) in [6, 6.07) is 11.3. The van der Waals surface area contributed by atoms with E-state index in [1.807, 2.05) is 32.0 Å². The predicted molar refractivity (Wildman–Crippen MR) is 114 cm³/mol. The molecule has 0 aliphatic heterocycles. The second kappa shape index (κ2) is 9.14. The molecule has 6 heteroatoms. The van der Waals surface area contributed by atoms with Crippen LogP contribution in [0.15, 0.2) is 40.9 Å². The van der Waals surface area contributed by atoms with Crippen molar-refractivity contribution in [3.05, 3.63) is 57.6 Å². The van der Waals surface area contributed by atoms with Gasteiger partial charge < -0.3 is 10.1 Å². The Hall–Kier alpha value is -1.92. The first kappa shape index (κ1) is 20.4. The number of hydrogen-bond donors (Lipinski definition) is 2. The number of ether oxygens (including phenoxy) is 1. The highest BCUT2D eigenvalue weighted by Crippen LogP contribution is 2.24. The van der Waals surface area contributed by atoms with Crippen LogP contribution in [0.3, 0.4) is 0 Å². The summed E-state index contributed by atoms with van der Waals surface area (Å²) in [4.78, 5) is 12.7. The van der Waals surface area contributed by atoms with E-state index in [1.54, 1.807) is 12.1 Å².